The highest BCUT2D eigenvalue weighted by atomic mass is 32.1. The Kier molecular flexibility index (Phi) is 4.27. The van der Waals surface area contributed by atoms with Crippen LogP contribution in [0.4, 0.5) is 4.79 Å². The lowest BCUT2D eigenvalue weighted by Crippen LogP contribution is -2.33. The number of hydrogen-bond donors (Lipinski definition) is 1. The average Bonchev–Trinajstić information content (AvgIpc) is 3.11. The number of thiazole rings is 1. The first-order valence-corrected chi connectivity index (χ1v) is 10.5. The molecule has 2 fully saturated rings. The standard InChI is InChI=1S/C20H20N4O4S/c1-20(9-10-20)28-18-22-15(25)14-17(23-18)29-16(21-14)13-8-5-11-24(13)19(26)27-12-6-3-2-4-7-12/h2-4,6-7,13H,5,8-11H2,1H3,(H,22,23,25)/t13-/m1/s1. The van der Waals surface area contributed by atoms with Gasteiger partial charge in [-0.1, -0.05) is 29.5 Å². The number of fused-ring (bicyclic) bond motifs is 1. The molecule has 1 saturated carbocycles. The van der Waals surface area contributed by atoms with E-state index in [2.05, 4.69) is 15.0 Å². The molecule has 0 unspecified atom stereocenters. The SMILES string of the molecule is CC1(Oc2nc3sc([C@H]4CCCN4C(=O)Oc4ccccc4)nc3c(=O)[nH]2)CC1. The Bertz CT molecular complexity index is 1120. The second kappa shape index (κ2) is 6.84. The van der Waals surface area contributed by atoms with Crippen LogP contribution in [0.1, 0.15) is 43.7 Å². The van der Waals surface area contributed by atoms with Crippen LogP contribution >= 0.6 is 11.3 Å². The molecule has 3 heterocycles. The number of carbonyl (C=O) groups is 1. The summed E-state index contributed by atoms with van der Waals surface area (Å²) in [7, 11) is 0. The van der Waals surface area contributed by atoms with Gasteiger partial charge in [0.15, 0.2) is 10.3 Å². The zero-order valence-corrected chi connectivity index (χ0v) is 16.7. The van der Waals surface area contributed by atoms with Gasteiger partial charge < -0.3 is 9.47 Å². The number of nitrogens with one attached hydrogen (secondary N) is 1. The molecule has 150 valence electrons. The van der Waals surface area contributed by atoms with Crippen LogP contribution in [0.3, 0.4) is 0 Å². The van der Waals surface area contributed by atoms with E-state index >= 15 is 0 Å². The number of hydrogen-bond acceptors (Lipinski definition) is 7. The number of H-pyrrole nitrogens is 1. The Hall–Kier alpha value is -2.94. The summed E-state index contributed by atoms with van der Waals surface area (Å²) in [5, 5.41) is 0.690. The van der Waals surface area contributed by atoms with Crippen molar-refractivity contribution in [3.8, 4) is 11.8 Å². The molecule has 3 aromatic rings. The second-order valence-electron chi connectivity index (χ2n) is 7.66. The number of likely N-dealkylation sites (tertiary alicyclic amines) is 1. The van der Waals surface area contributed by atoms with Crippen LogP contribution in [0.15, 0.2) is 35.1 Å². The third-order valence-corrected chi connectivity index (χ3v) is 6.33. The molecule has 1 atom stereocenters. The number of aromatic amines is 1. The Morgan fingerprint density at radius 1 is 1.28 bits per heavy atom. The van der Waals surface area contributed by atoms with Gasteiger partial charge in [-0.15, -0.1) is 0 Å². The number of nitrogens with zero attached hydrogens (tertiary/aromatic N) is 3. The summed E-state index contributed by atoms with van der Waals surface area (Å²) in [6.07, 6.45) is 3.10. The summed E-state index contributed by atoms with van der Waals surface area (Å²) in [5.41, 5.74) is -0.282. The fourth-order valence-corrected chi connectivity index (χ4v) is 4.50. The van der Waals surface area contributed by atoms with Gasteiger partial charge in [0.05, 0.1) is 6.04 Å². The van der Waals surface area contributed by atoms with Crippen molar-refractivity contribution in [2.75, 3.05) is 6.54 Å². The molecule has 0 bridgehead atoms. The van der Waals surface area contributed by atoms with Crippen LogP contribution < -0.4 is 15.0 Å². The number of benzene rings is 1. The summed E-state index contributed by atoms with van der Waals surface area (Å²) >= 11 is 1.33. The molecule has 1 N–H and O–H groups in total. The number of para-hydroxylation sites is 1. The molecular weight excluding hydrogens is 392 g/mol. The van der Waals surface area contributed by atoms with Crippen molar-refractivity contribution < 1.29 is 14.3 Å². The molecule has 1 saturated heterocycles. The van der Waals surface area contributed by atoms with E-state index in [9.17, 15) is 9.59 Å². The van der Waals surface area contributed by atoms with Crippen molar-refractivity contribution in [3.05, 3.63) is 45.7 Å². The van der Waals surface area contributed by atoms with E-state index in [-0.39, 0.29) is 28.7 Å². The van der Waals surface area contributed by atoms with Gasteiger partial charge in [-0.3, -0.25) is 14.7 Å². The predicted octanol–water partition coefficient (Wildman–Crippen LogP) is 3.65. The lowest BCUT2D eigenvalue weighted by molar-refractivity contribution is 0.147. The molecule has 1 aliphatic heterocycles. The molecule has 2 aromatic heterocycles. The van der Waals surface area contributed by atoms with E-state index in [1.54, 1.807) is 17.0 Å². The first-order chi connectivity index (χ1) is 14.0. The number of carbonyl (C=O) groups excluding carboxylic acids is 1. The summed E-state index contributed by atoms with van der Waals surface area (Å²) in [6, 6.07) is 8.98. The molecule has 8 nitrogen and oxygen atoms in total. The van der Waals surface area contributed by atoms with Gasteiger partial charge in [0.25, 0.3) is 11.6 Å². The largest absolute Gasteiger partial charge is 0.458 e. The zero-order valence-electron chi connectivity index (χ0n) is 15.9. The highest BCUT2D eigenvalue weighted by Gasteiger charge is 2.41. The molecule has 2 aliphatic rings. The lowest BCUT2D eigenvalue weighted by atomic mass is 10.2. The van der Waals surface area contributed by atoms with Crippen molar-refractivity contribution in [3.63, 3.8) is 0 Å². The van der Waals surface area contributed by atoms with Crippen LogP contribution in [0, 0.1) is 0 Å². The number of aromatic nitrogens is 3. The molecule has 1 aromatic carbocycles. The Morgan fingerprint density at radius 3 is 2.83 bits per heavy atom. The van der Waals surface area contributed by atoms with E-state index in [0.717, 1.165) is 25.7 Å². The van der Waals surface area contributed by atoms with Crippen LogP contribution in [-0.4, -0.2) is 38.1 Å². The smallest absolute Gasteiger partial charge is 0.415 e. The topological polar surface area (TPSA) is 97.4 Å². The van der Waals surface area contributed by atoms with Crippen LogP contribution in [0.2, 0.25) is 0 Å². The normalized spacial score (nSPS) is 20.0. The van der Waals surface area contributed by atoms with E-state index < -0.39 is 6.09 Å². The highest BCUT2D eigenvalue weighted by Crippen LogP contribution is 2.39. The summed E-state index contributed by atoms with van der Waals surface area (Å²) in [4.78, 5) is 38.9. The lowest BCUT2D eigenvalue weighted by Gasteiger charge is -2.22. The molecular formula is C20H20N4O4S. The van der Waals surface area contributed by atoms with Crippen LogP contribution in [-0.2, 0) is 0 Å². The van der Waals surface area contributed by atoms with E-state index in [1.807, 2.05) is 25.1 Å². The van der Waals surface area contributed by atoms with Crippen molar-refractivity contribution >= 4 is 27.8 Å². The molecule has 0 spiro atoms. The number of rotatable bonds is 4. The summed E-state index contributed by atoms with van der Waals surface area (Å²) in [6.45, 7) is 2.58. The minimum absolute atomic E-state index is 0.226. The van der Waals surface area contributed by atoms with Crippen molar-refractivity contribution in [1.29, 1.82) is 0 Å². The number of amides is 1. The minimum atomic E-state index is -0.412. The first-order valence-electron chi connectivity index (χ1n) is 9.64. The Morgan fingerprint density at radius 2 is 2.07 bits per heavy atom. The zero-order chi connectivity index (χ0) is 20.0. The van der Waals surface area contributed by atoms with Gasteiger partial charge in [-0.05, 0) is 44.7 Å². The van der Waals surface area contributed by atoms with Gasteiger partial charge in [-0.25, -0.2) is 9.78 Å². The van der Waals surface area contributed by atoms with Gasteiger partial charge in [0.1, 0.15) is 16.4 Å². The maximum Gasteiger partial charge on any atom is 0.415 e. The van der Waals surface area contributed by atoms with Gasteiger partial charge in [0, 0.05) is 6.54 Å². The van der Waals surface area contributed by atoms with E-state index in [1.165, 1.54) is 11.3 Å². The van der Waals surface area contributed by atoms with Crippen molar-refractivity contribution in [1.82, 2.24) is 19.9 Å². The van der Waals surface area contributed by atoms with Crippen molar-refractivity contribution in [2.24, 2.45) is 0 Å². The average molecular weight is 412 g/mol. The minimum Gasteiger partial charge on any atom is -0.458 e. The first kappa shape index (κ1) is 18.1. The quantitative estimate of drug-likeness (QED) is 0.703. The van der Waals surface area contributed by atoms with Crippen molar-refractivity contribution in [2.45, 2.75) is 44.2 Å². The predicted molar refractivity (Wildman–Crippen MR) is 107 cm³/mol. The molecule has 9 heteroatoms. The van der Waals surface area contributed by atoms with Crippen LogP contribution in [0.25, 0.3) is 10.3 Å². The van der Waals surface area contributed by atoms with Crippen LogP contribution in [0.5, 0.6) is 11.8 Å². The second-order valence-corrected chi connectivity index (χ2v) is 8.67. The molecule has 5 rings (SSSR count). The monoisotopic (exact) mass is 412 g/mol. The van der Waals surface area contributed by atoms with Gasteiger partial charge in [0.2, 0.25) is 0 Å². The molecule has 29 heavy (non-hydrogen) atoms. The molecule has 1 aliphatic carbocycles. The highest BCUT2D eigenvalue weighted by molar-refractivity contribution is 7.18. The van der Waals surface area contributed by atoms with Gasteiger partial charge in [-0.2, -0.15) is 4.98 Å². The molecule has 1 amide bonds. The third kappa shape index (κ3) is 3.57. The fourth-order valence-electron chi connectivity index (χ4n) is 3.42. The van der Waals surface area contributed by atoms with E-state index in [4.69, 9.17) is 9.47 Å². The summed E-state index contributed by atoms with van der Waals surface area (Å²) < 4.78 is 11.3. The molecule has 0 radical (unpaired) electrons. The van der Waals surface area contributed by atoms with E-state index in [0.29, 0.717) is 22.1 Å². The van der Waals surface area contributed by atoms with Gasteiger partial charge >= 0.3 is 6.09 Å². The summed E-state index contributed by atoms with van der Waals surface area (Å²) in [5.74, 6) is 0.501. The Labute approximate surface area is 170 Å². The fraction of sp³-hybridized carbons (Fsp3) is 0.400. The maximum atomic E-state index is 12.7. The number of ether oxygens (including phenoxy) is 2. The third-order valence-electron chi connectivity index (χ3n) is 5.28. The Balaban J connectivity index is 1.41. The maximum absolute atomic E-state index is 12.7.